The second kappa shape index (κ2) is 8.27. The predicted octanol–water partition coefficient (Wildman–Crippen LogP) is 4.96. The largest absolute Gasteiger partial charge is 0.241 e. The van der Waals surface area contributed by atoms with Gasteiger partial charge in [0.15, 0.2) is 0 Å². The van der Waals surface area contributed by atoms with Crippen LogP contribution in [0.1, 0.15) is 83.0 Å². The van der Waals surface area contributed by atoms with Gasteiger partial charge in [0.1, 0.15) is 5.82 Å². The van der Waals surface area contributed by atoms with Gasteiger partial charge >= 0.3 is 0 Å². The van der Waals surface area contributed by atoms with Crippen molar-refractivity contribution in [1.29, 1.82) is 5.26 Å². The van der Waals surface area contributed by atoms with Crippen LogP contribution < -0.4 is 0 Å². The molecule has 1 aliphatic carbocycles. The molecule has 0 aromatic carbocycles. The number of nitriles is 1. The Morgan fingerprint density at radius 1 is 1.14 bits per heavy atom. The maximum atomic E-state index is 9.76. The molecule has 0 saturated heterocycles. The standard InChI is InChI=1S/C19H29N3/c1-3-5-7-16-9-11-19(15-20,12-10-16)17-13-21-18(22-14-17)8-6-4-2/h13-14,16H,3-12H2,1-2H3. The molecule has 3 nitrogen and oxygen atoms in total. The number of aryl methyl sites for hydroxylation is 1. The van der Waals surface area contributed by atoms with Crippen molar-refractivity contribution in [3.63, 3.8) is 0 Å². The molecule has 0 spiro atoms. The van der Waals surface area contributed by atoms with Crippen LogP contribution in [0.25, 0.3) is 0 Å². The van der Waals surface area contributed by atoms with Gasteiger partial charge in [0.2, 0.25) is 0 Å². The molecule has 0 bridgehead atoms. The molecule has 0 aliphatic heterocycles. The Bertz CT molecular complexity index is 478. The lowest BCUT2D eigenvalue weighted by Gasteiger charge is -2.35. The van der Waals surface area contributed by atoms with Crippen molar-refractivity contribution in [2.45, 2.75) is 83.5 Å². The van der Waals surface area contributed by atoms with Gasteiger partial charge in [0, 0.05) is 24.4 Å². The van der Waals surface area contributed by atoms with E-state index < -0.39 is 0 Å². The van der Waals surface area contributed by atoms with Crippen LogP contribution in [-0.2, 0) is 11.8 Å². The minimum atomic E-state index is -0.341. The van der Waals surface area contributed by atoms with E-state index in [1.165, 1.54) is 32.1 Å². The van der Waals surface area contributed by atoms with Crippen molar-refractivity contribution in [2.75, 3.05) is 0 Å². The topological polar surface area (TPSA) is 49.6 Å². The summed E-state index contributed by atoms with van der Waals surface area (Å²) in [6.45, 7) is 4.43. The average Bonchev–Trinajstić information content (AvgIpc) is 2.59. The molecule has 1 aromatic heterocycles. The van der Waals surface area contributed by atoms with Gasteiger partial charge in [-0.1, -0.05) is 39.5 Å². The van der Waals surface area contributed by atoms with E-state index in [9.17, 15) is 5.26 Å². The minimum Gasteiger partial charge on any atom is -0.241 e. The van der Waals surface area contributed by atoms with Gasteiger partial charge in [-0.2, -0.15) is 5.26 Å². The van der Waals surface area contributed by atoms with Gasteiger partial charge in [-0.25, -0.2) is 9.97 Å². The van der Waals surface area contributed by atoms with Gasteiger partial charge in [-0.15, -0.1) is 0 Å². The van der Waals surface area contributed by atoms with Gasteiger partial charge in [-0.05, 0) is 38.0 Å². The van der Waals surface area contributed by atoms with Crippen molar-refractivity contribution < 1.29 is 0 Å². The van der Waals surface area contributed by atoms with Crippen LogP contribution in [0.4, 0.5) is 0 Å². The summed E-state index contributed by atoms with van der Waals surface area (Å²) in [6.07, 6.45) is 15.2. The highest BCUT2D eigenvalue weighted by Gasteiger charge is 2.37. The fourth-order valence-electron chi connectivity index (χ4n) is 3.48. The number of aromatic nitrogens is 2. The summed E-state index contributed by atoms with van der Waals surface area (Å²) in [4.78, 5) is 8.98. The molecular weight excluding hydrogens is 270 g/mol. The minimum absolute atomic E-state index is 0.341. The zero-order chi connectivity index (χ0) is 15.8. The molecule has 0 unspecified atom stereocenters. The van der Waals surface area contributed by atoms with Gasteiger partial charge in [-0.3, -0.25) is 0 Å². The second-order valence-electron chi connectivity index (χ2n) is 6.77. The van der Waals surface area contributed by atoms with Crippen LogP contribution in [0, 0.1) is 17.2 Å². The fraction of sp³-hybridized carbons (Fsp3) is 0.737. The number of nitrogens with zero attached hydrogens (tertiary/aromatic N) is 3. The molecule has 1 heterocycles. The molecule has 1 saturated carbocycles. The van der Waals surface area contributed by atoms with E-state index in [2.05, 4.69) is 29.9 Å². The molecule has 2 rings (SSSR count). The summed E-state index contributed by atoms with van der Waals surface area (Å²) in [5.41, 5.74) is 0.690. The highest BCUT2D eigenvalue weighted by atomic mass is 14.9. The summed E-state index contributed by atoms with van der Waals surface area (Å²) in [5.74, 6) is 1.72. The van der Waals surface area contributed by atoms with E-state index in [4.69, 9.17) is 0 Å². The summed E-state index contributed by atoms with van der Waals surface area (Å²) in [5, 5.41) is 9.76. The van der Waals surface area contributed by atoms with E-state index >= 15 is 0 Å². The first-order chi connectivity index (χ1) is 10.7. The first-order valence-corrected chi connectivity index (χ1v) is 8.96. The highest BCUT2D eigenvalue weighted by molar-refractivity contribution is 5.29. The Morgan fingerprint density at radius 3 is 2.32 bits per heavy atom. The smallest absolute Gasteiger partial charge is 0.128 e. The van der Waals surface area contributed by atoms with E-state index in [0.29, 0.717) is 0 Å². The maximum absolute atomic E-state index is 9.76. The number of unbranched alkanes of at least 4 members (excludes halogenated alkanes) is 2. The van der Waals surface area contributed by atoms with Crippen LogP contribution in [-0.4, -0.2) is 9.97 Å². The van der Waals surface area contributed by atoms with Crippen LogP contribution in [0.2, 0.25) is 0 Å². The lowest BCUT2D eigenvalue weighted by molar-refractivity contribution is 0.262. The zero-order valence-electron chi connectivity index (χ0n) is 14.1. The van der Waals surface area contributed by atoms with Crippen LogP contribution in [0.15, 0.2) is 12.4 Å². The van der Waals surface area contributed by atoms with Crippen molar-refractivity contribution in [2.24, 2.45) is 5.92 Å². The monoisotopic (exact) mass is 299 g/mol. The maximum Gasteiger partial charge on any atom is 0.128 e. The van der Waals surface area contributed by atoms with E-state index in [1.54, 1.807) is 0 Å². The van der Waals surface area contributed by atoms with Crippen LogP contribution in [0.5, 0.6) is 0 Å². The molecule has 22 heavy (non-hydrogen) atoms. The lowest BCUT2D eigenvalue weighted by atomic mass is 9.67. The molecule has 120 valence electrons. The molecular formula is C19H29N3. The lowest BCUT2D eigenvalue weighted by Crippen LogP contribution is -2.30. The zero-order valence-corrected chi connectivity index (χ0v) is 14.1. The third-order valence-corrected chi connectivity index (χ3v) is 5.15. The van der Waals surface area contributed by atoms with Crippen LogP contribution in [0.3, 0.4) is 0 Å². The van der Waals surface area contributed by atoms with Crippen molar-refractivity contribution >= 4 is 0 Å². The molecule has 3 heteroatoms. The first kappa shape index (κ1) is 16.9. The quantitative estimate of drug-likeness (QED) is 0.715. The van der Waals surface area contributed by atoms with Gasteiger partial charge in [0.25, 0.3) is 0 Å². The van der Waals surface area contributed by atoms with E-state index in [0.717, 1.165) is 49.4 Å². The van der Waals surface area contributed by atoms with Crippen molar-refractivity contribution in [3.8, 4) is 6.07 Å². The normalized spacial score (nSPS) is 24.9. The Labute approximate surface area is 135 Å². The molecule has 0 atom stereocenters. The number of hydrogen-bond donors (Lipinski definition) is 0. The SMILES string of the molecule is CCCCc1ncc(C2(C#N)CCC(CCCC)CC2)cn1. The highest BCUT2D eigenvalue weighted by Crippen LogP contribution is 2.42. The summed E-state index contributed by atoms with van der Waals surface area (Å²) >= 11 is 0. The molecule has 0 N–H and O–H groups in total. The van der Waals surface area contributed by atoms with Crippen LogP contribution >= 0.6 is 0 Å². The van der Waals surface area contributed by atoms with Gasteiger partial charge < -0.3 is 0 Å². The summed E-state index contributed by atoms with van der Waals surface area (Å²) in [6, 6.07) is 2.59. The van der Waals surface area contributed by atoms with Crippen molar-refractivity contribution in [1.82, 2.24) is 9.97 Å². The Morgan fingerprint density at radius 2 is 1.77 bits per heavy atom. The molecule has 0 amide bonds. The fourth-order valence-corrected chi connectivity index (χ4v) is 3.48. The third-order valence-electron chi connectivity index (χ3n) is 5.15. The summed E-state index contributed by atoms with van der Waals surface area (Å²) < 4.78 is 0. The molecule has 1 aromatic rings. The third kappa shape index (κ3) is 4.06. The second-order valence-corrected chi connectivity index (χ2v) is 6.77. The number of hydrogen-bond acceptors (Lipinski definition) is 3. The Balaban J connectivity index is 2.01. The predicted molar refractivity (Wildman–Crippen MR) is 89.4 cm³/mol. The molecule has 1 aliphatic rings. The summed E-state index contributed by atoms with van der Waals surface area (Å²) in [7, 11) is 0. The Kier molecular flexibility index (Phi) is 6.36. The Hall–Kier alpha value is -1.43. The molecule has 1 fully saturated rings. The van der Waals surface area contributed by atoms with Crippen molar-refractivity contribution in [3.05, 3.63) is 23.8 Å². The first-order valence-electron chi connectivity index (χ1n) is 8.96. The molecule has 0 radical (unpaired) electrons. The van der Waals surface area contributed by atoms with Gasteiger partial charge in [0.05, 0.1) is 11.5 Å². The average molecular weight is 299 g/mol. The van der Waals surface area contributed by atoms with E-state index in [1.807, 2.05) is 12.4 Å². The number of rotatable bonds is 7. The van der Waals surface area contributed by atoms with E-state index in [-0.39, 0.29) is 5.41 Å².